The number of esters is 1. The monoisotopic (exact) mass is 287 g/mol. The van der Waals surface area contributed by atoms with Crippen molar-refractivity contribution in [2.45, 2.75) is 0 Å². The largest absolute Gasteiger partial charge is 0.464 e. The van der Waals surface area contributed by atoms with Crippen molar-refractivity contribution in [3.05, 3.63) is 58.5 Å². The number of rotatable bonds is 2. The highest BCUT2D eigenvalue weighted by Gasteiger charge is 2.12. The third kappa shape index (κ3) is 2.18. The van der Waals surface area contributed by atoms with Gasteiger partial charge >= 0.3 is 11.7 Å². The molecule has 3 rings (SSSR count). The Kier molecular flexibility index (Phi) is 3.02. The second-order valence-corrected chi connectivity index (χ2v) is 4.32. The molecule has 2 aromatic heterocycles. The van der Waals surface area contributed by atoms with E-state index in [-0.39, 0.29) is 5.69 Å². The van der Waals surface area contributed by atoms with Crippen LogP contribution in [-0.2, 0) is 4.74 Å². The molecule has 7 heteroatoms. The maximum atomic E-state index is 13.4. The van der Waals surface area contributed by atoms with E-state index >= 15 is 0 Å². The molecule has 6 nitrogen and oxygen atoms in total. The zero-order chi connectivity index (χ0) is 15.0. The van der Waals surface area contributed by atoms with Crippen molar-refractivity contribution in [3.63, 3.8) is 0 Å². The van der Waals surface area contributed by atoms with E-state index in [1.165, 1.54) is 42.1 Å². The smallest absolute Gasteiger partial charge is 0.356 e. The fourth-order valence-electron chi connectivity index (χ4n) is 2.08. The van der Waals surface area contributed by atoms with Crippen LogP contribution < -0.4 is 5.69 Å². The Balaban J connectivity index is 2.16. The predicted octanol–water partition coefficient (Wildman–Crippen LogP) is 1.64. The lowest BCUT2D eigenvalue weighted by atomic mass is 10.3. The quantitative estimate of drug-likeness (QED) is 0.727. The number of hydrogen-bond acceptors (Lipinski definition) is 4. The minimum atomic E-state index is -0.570. The number of nitrogens with one attached hydrogen (secondary N) is 1. The number of aromatic nitrogens is 3. The first-order chi connectivity index (χ1) is 10.1. The van der Waals surface area contributed by atoms with E-state index in [2.05, 4.69) is 14.7 Å². The fourth-order valence-corrected chi connectivity index (χ4v) is 2.08. The maximum absolute atomic E-state index is 13.4. The van der Waals surface area contributed by atoms with Crippen molar-refractivity contribution in [1.29, 1.82) is 0 Å². The van der Waals surface area contributed by atoms with Gasteiger partial charge in [0.1, 0.15) is 11.5 Å². The van der Waals surface area contributed by atoms with Gasteiger partial charge in [0.05, 0.1) is 30.0 Å². The molecule has 1 N–H and O–H groups in total. The van der Waals surface area contributed by atoms with Gasteiger partial charge in [0.15, 0.2) is 0 Å². The van der Waals surface area contributed by atoms with E-state index in [0.29, 0.717) is 16.7 Å². The Morgan fingerprint density at radius 2 is 2.14 bits per heavy atom. The van der Waals surface area contributed by atoms with E-state index in [1.54, 1.807) is 6.07 Å². The molecule has 0 radical (unpaired) electrons. The number of aromatic amines is 1. The van der Waals surface area contributed by atoms with Crippen LogP contribution in [0.3, 0.4) is 0 Å². The van der Waals surface area contributed by atoms with Crippen molar-refractivity contribution in [1.82, 2.24) is 14.5 Å². The van der Waals surface area contributed by atoms with Crippen LogP contribution in [0.2, 0.25) is 0 Å². The number of fused-ring (bicyclic) bond motifs is 1. The number of H-pyrrole nitrogens is 1. The summed E-state index contributed by atoms with van der Waals surface area (Å²) in [5, 5.41) is 0. The van der Waals surface area contributed by atoms with E-state index in [4.69, 9.17) is 0 Å². The Morgan fingerprint density at radius 1 is 1.33 bits per heavy atom. The second-order valence-electron chi connectivity index (χ2n) is 4.32. The number of carbonyl (C=O) groups is 1. The first-order valence-electron chi connectivity index (χ1n) is 6.05. The molecule has 0 fully saturated rings. The summed E-state index contributed by atoms with van der Waals surface area (Å²) in [4.78, 5) is 29.9. The highest BCUT2D eigenvalue weighted by molar-refractivity contribution is 5.87. The summed E-state index contributed by atoms with van der Waals surface area (Å²) in [6.07, 6.45) is 1.35. The number of ether oxygens (including phenoxy) is 1. The number of methoxy groups -OCH3 is 1. The van der Waals surface area contributed by atoms with Crippen molar-refractivity contribution in [2.75, 3.05) is 7.11 Å². The molecule has 106 valence electrons. The van der Waals surface area contributed by atoms with E-state index < -0.39 is 17.5 Å². The molecule has 0 unspecified atom stereocenters. The third-order valence-corrected chi connectivity index (χ3v) is 3.05. The highest BCUT2D eigenvalue weighted by Crippen LogP contribution is 2.16. The van der Waals surface area contributed by atoms with Gasteiger partial charge in [0.2, 0.25) is 0 Å². The van der Waals surface area contributed by atoms with Crippen LogP contribution in [0.15, 0.2) is 41.3 Å². The molecule has 0 saturated carbocycles. The average Bonchev–Trinajstić information content (AvgIpc) is 2.82. The molecule has 2 heterocycles. The molecule has 0 bridgehead atoms. The summed E-state index contributed by atoms with van der Waals surface area (Å²) in [7, 11) is 1.25. The number of hydrogen-bond donors (Lipinski definition) is 1. The van der Waals surface area contributed by atoms with Crippen LogP contribution in [0.4, 0.5) is 4.39 Å². The van der Waals surface area contributed by atoms with Crippen LogP contribution in [0.5, 0.6) is 0 Å². The first kappa shape index (κ1) is 13.0. The van der Waals surface area contributed by atoms with Crippen LogP contribution in [0.1, 0.15) is 10.5 Å². The van der Waals surface area contributed by atoms with Gasteiger partial charge in [-0.25, -0.2) is 19.0 Å². The molecule has 0 aliphatic carbocycles. The van der Waals surface area contributed by atoms with Crippen LogP contribution >= 0.6 is 0 Å². The lowest BCUT2D eigenvalue weighted by molar-refractivity contribution is 0.0594. The third-order valence-electron chi connectivity index (χ3n) is 3.05. The molecule has 1 aromatic carbocycles. The minimum absolute atomic E-state index is 0.125. The minimum Gasteiger partial charge on any atom is -0.464 e. The number of pyridine rings is 1. The molecule has 0 atom stereocenters. The molecule has 0 spiro atoms. The van der Waals surface area contributed by atoms with Crippen molar-refractivity contribution in [2.24, 2.45) is 0 Å². The van der Waals surface area contributed by atoms with Crippen LogP contribution in [0.25, 0.3) is 16.7 Å². The summed E-state index contributed by atoms with van der Waals surface area (Å²) in [5.74, 6) is -1.02. The van der Waals surface area contributed by atoms with E-state index in [1.807, 2.05) is 0 Å². The lowest BCUT2D eigenvalue weighted by Gasteiger charge is -2.04. The molecule has 0 aliphatic rings. The first-order valence-corrected chi connectivity index (χ1v) is 6.05. The van der Waals surface area contributed by atoms with Gasteiger partial charge in [-0.15, -0.1) is 0 Å². The topological polar surface area (TPSA) is 77.0 Å². The standard InChI is InChI=1S/C14H10FN3O3/c1-21-13(19)11-5-3-9(7-16-11)18-12-6-8(15)2-4-10(12)17-14(18)20/h2-7H,1H3,(H,17,20). The average molecular weight is 287 g/mol. The summed E-state index contributed by atoms with van der Waals surface area (Å²) in [6.45, 7) is 0. The summed E-state index contributed by atoms with van der Waals surface area (Å²) < 4.78 is 19.2. The highest BCUT2D eigenvalue weighted by atomic mass is 19.1. The van der Waals surface area contributed by atoms with E-state index in [0.717, 1.165) is 0 Å². The number of halogens is 1. The number of nitrogens with zero attached hydrogens (tertiary/aromatic N) is 2. The number of benzene rings is 1. The molecule has 0 aliphatic heterocycles. The van der Waals surface area contributed by atoms with E-state index in [9.17, 15) is 14.0 Å². The Labute approximate surface area is 117 Å². The van der Waals surface area contributed by atoms with Crippen LogP contribution in [-0.4, -0.2) is 27.6 Å². The number of carbonyl (C=O) groups excluding carboxylic acids is 1. The van der Waals surface area contributed by atoms with Gasteiger partial charge in [-0.2, -0.15) is 0 Å². The normalized spacial score (nSPS) is 10.8. The summed E-state index contributed by atoms with van der Waals surface area (Å²) in [6, 6.07) is 6.98. The van der Waals surface area contributed by atoms with Crippen LogP contribution in [0, 0.1) is 5.82 Å². The van der Waals surface area contributed by atoms with Crippen molar-refractivity contribution < 1.29 is 13.9 Å². The van der Waals surface area contributed by atoms with Crippen molar-refractivity contribution in [3.8, 4) is 5.69 Å². The molecule has 0 amide bonds. The van der Waals surface area contributed by atoms with Gasteiger partial charge < -0.3 is 9.72 Å². The van der Waals surface area contributed by atoms with Gasteiger partial charge in [-0.05, 0) is 24.3 Å². The molecular weight excluding hydrogens is 277 g/mol. The van der Waals surface area contributed by atoms with Gasteiger partial charge in [-0.3, -0.25) is 4.57 Å². The molecule has 0 saturated heterocycles. The summed E-state index contributed by atoms with van der Waals surface area (Å²) >= 11 is 0. The maximum Gasteiger partial charge on any atom is 0.356 e. The summed E-state index contributed by atoms with van der Waals surface area (Å²) in [5.41, 5.74) is 1.04. The van der Waals surface area contributed by atoms with Gasteiger partial charge in [0.25, 0.3) is 0 Å². The Bertz CT molecular complexity index is 881. The van der Waals surface area contributed by atoms with Gasteiger partial charge in [-0.1, -0.05) is 0 Å². The zero-order valence-electron chi connectivity index (χ0n) is 11.0. The Morgan fingerprint density at radius 3 is 2.81 bits per heavy atom. The predicted molar refractivity (Wildman–Crippen MR) is 73.0 cm³/mol. The molecule has 21 heavy (non-hydrogen) atoms. The SMILES string of the molecule is COC(=O)c1ccc(-n2c(=O)[nH]c3ccc(F)cc32)cn1. The number of imidazole rings is 1. The zero-order valence-corrected chi connectivity index (χ0v) is 11.0. The Hall–Kier alpha value is -2.96. The van der Waals surface area contributed by atoms with Crippen molar-refractivity contribution >= 4 is 17.0 Å². The molecule has 3 aromatic rings. The lowest BCUT2D eigenvalue weighted by Crippen LogP contribution is -2.15. The fraction of sp³-hybridized carbons (Fsp3) is 0.0714. The van der Waals surface area contributed by atoms with Gasteiger partial charge in [0, 0.05) is 6.07 Å². The second kappa shape index (κ2) is 4.86. The molecular formula is C14H10FN3O3.